The number of hydrogen-bond acceptors (Lipinski definition) is 12. The first-order chi connectivity index (χ1) is 31.4. The van der Waals surface area contributed by atoms with Crippen LogP contribution in [-0.2, 0) is 32.7 Å². The van der Waals surface area contributed by atoms with Crippen LogP contribution in [0.3, 0.4) is 0 Å². The molecule has 1 aliphatic rings. The molecule has 0 aromatic carbocycles. The zero-order valence-electron chi connectivity index (χ0n) is 39.0. The highest BCUT2D eigenvalue weighted by Crippen LogP contribution is 2.47. The topological polar surface area (TPSA) is 210 Å². The fraction of sp³-hybridized carbons (Fsp3) is 0.608. The third-order valence-corrected chi connectivity index (χ3v) is 11.2. The molecule has 65 heavy (non-hydrogen) atoms. The Morgan fingerprint density at radius 1 is 0.492 bits per heavy atom. The molecular weight excluding hydrogens is 852 g/mol. The van der Waals surface area contributed by atoms with Crippen LogP contribution >= 0.6 is 7.82 Å². The highest BCUT2D eigenvalue weighted by molar-refractivity contribution is 7.47. The molecule has 0 saturated heterocycles. The number of aliphatic hydroxyl groups excluding tert-OH is 5. The second-order valence-electron chi connectivity index (χ2n) is 16.0. The summed E-state index contributed by atoms with van der Waals surface area (Å²) in [5.74, 6) is -1.20. The monoisotopic (exact) mass is 933 g/mol. The maximum Gasteiger partial charge on any atom is 0.472 e. The molecule has 13 nitrogen and oxygen atoms in total. The zero-order valence-corrected chi connectivity index (χ0v) is 39.9. The van der Waals surface area contributed by atoms with Gasteiger partial charge in [-0.25, -0.2) is 4.57 Å². The minimum absolute atomic E-state index is 0.00694. The number of phosphoric acid groups is 1. The summed E-state index contributed by atoms with van der Waals surface area (Å²) in [6, 6.07) is 0. The van der Waals surface area contributed by atoms with Gasteiger partial charge >= 0.3 is 19.8 Å². The van der Waals surface area contributed by atoms with Gasteiger partial charge in [-0.05, 0) is 64.2 Å². The first-order valence-electron chi connectivity index (χ1n) is 23.8. The van der Waals surface area contributed by atoms with E-state index in [1.54, 1.807) is 0 Å². The van der Waals surface area contributed by atoms with E-state index in [2.05, 4.69) is 68.5 Å². The fourth-order valence-electron chi connectivity index (χ4n) is 6.48. The lowest BCUT2D eigenvalue weighted by Crippen LogP contribution is -2.64. The van der Waals surface area contributed by atoms with Crippen molar-refractivity contribution in [1.82, 2.24) is 0 Å². The standard InChI is InChI=1S/C51H81O13P/c1-3-5-7-9-11-13-15-17-18-19-20-21-22-23-24-25-26-28-29-31-33-35-37-39-44(52)61-41-43(42-62-65(59,60)64-51-49(57)47(55)46(54)48(56)50(51)58)63-45(53)40-38-36-34-32-30-27-16-14-12-10-8-6-4-2/h5-8,10-14,16-18,20-21,27,30,32,34,43,46-51,54-58H,3-4,9,15,19,22-26,28-29,31,33,35-42H2,1-2H3,(H,59,60)/b7-5+,8-6+,12-10+,13-11+,16-14+,18-17+,21-20+,30-27+,34-32+/t43?,46?,47-,48?,49?,50?,51?/m0/s1. The third-order valence-electron chi connectivity index (χ3n) is 10.2. The maximum atomic E-state index is 12.8. The van der Waals surface area contributed by atoms with Gasteiger partial charge in [-0.15, -0.1) is 0 Å². The summed E-state index contributed by atoms with van der Waals surface area (Å²) in [4.78, 5) is 35.7. The number of esters is 2. The van der Waals surface area contributed by atoms with Gasteiger partial charge in [-0.3, -0.25) is 18.6 Å². The highest BCUT2D eigenvalue weighted by atomic mass is 31.2. The van der Waals surface area contributed by atoms with Crippen LogP contribution < -0.4 is 0 Å². The lowest BCUT2D eigenvalue weighted by molar-refractivity contribution is -0.220. The minimum Gasteiger partial charge on any atom is -0.462 e. The van der Waals surface area contributed by atoms with Gasteiger partial charge in [0.15, 0.2) is 6.10 Å². The molecule has 1 fully saturated rings. The number of carbonyl (C=O) groups excluding carboxylic acids is 2. The van der Waals surface area contributed by atoms with Crippen LogP contribution in [0.2, 0.25) is 0 Å². The number of aliphatic hydroxyl groups is 5. The van der Waals surface area contributed by atoms with E-state index in [-0.39, 0.29) is 12.8 Å². The molecule has 0 aliphatic heterocycles. The average Bonchev–Trinajstić information content (AvgIpc) is 3.29. The van der Waals surface area contributed by atoms with E-state index in [4.69, 9.17) is 18.5 Å². The van der Waals surface area contributed by atoms with Gasteiger partial charge < -0.3 is 39.9 Å². The molecule has 0 amide bonds. The summed E-state index contributed by atoms with van der Waals surface area (Å²) in [6.45, 7) is 2.96. The van der Waals surface area contributed by atoms with Crippen molar-refractivity contribution in [1.29, 1.82) is 0 Å². The van der Waals surface area contributed by atoms with Crippen molar-refractivity contribution in [2.75, 3.05) is 13.2 Å². The SMILES string of the molecule is CC/C=C/C=C/C=C/C=C/C=C/CCCC(=O)OC(COC(=O)CCCCCCCCCCCC/C=C/C/C=C/C/C=C/C/C=C/CC)COP(=O)(O)OC1C(O)C(O)C(O)[C@H](O)C1O. The van der Waals surface area contributed by atoms with Crippen molar-refractivity contribution in [2.24, 2.45) is 0 Å². The number of allylic oxidation sites excluding steroid dienone is 18. The second-order valence-corrected chi connectivity index (χ2v) is 17.4. The number of rotatable bonds is 37. The molecule has 0 bridgehead atoms. The highest BCUT2D eigenvalue weighted by Gasteiger charge is 2.51. The van der Waals surface area contributed by atoms with Crippen LogP contribution in [0.25, 0.3) is 0 Å². The number of ether oxygens (including phenoxy) is 2. The molecule has 0 aromatic heterocycles. The lowest BCUT2D eigenvalue weighted by atomic mass is 9.85. The number of phosphoric ester groups is 1. The summed E-state index contributed by atoms with van der Waals surface area (Å²) in [5, 5.41) is 50.1. The third kappa shape index (κ3) is 32.0. The molecule has 8 atom stereocenters. The van der Waals surface area contributed by atoms with Crippen LogP contribution in [0.4, 0.5) is 0 Å². The zero-order chi connectivity index (χ0) is 47.8. The first kappa shape index (κ1) is 59.5. The Kier molecular flexibility index (Phi) is 36.3. The van der Waals surface area contributed by atoms with Crippen molar-refractivity contribution in [3.8, 4) is 0 Å². The van der Waals surface area contributed by atoms with Crippen molar-refractivity contribution in [3.63, 3.8) is 0 Å². The van der Waals surface area contributed by atoms with Crippen molar-refractivity contribution < 1.29 is 63.1 Å². The van der Waals surface area contributed by atoms with E-state index < -0.39 is 75.7 Å². The normalized spacial score (nSPS) is 22.4. The van der Waals surface area contributed by atoms with E-state index >= 15 is 0 Å². The summed E-state index contributed by atoms with van der Waals surface area (Å²) in [5.41, 5.74) is 0. The van der Waals surface area contributed by atoms with Crippen LogP contribution in [0, 0.1) is 0 Å². The minimum atomic E-state index is -5.15. The predicted molar refractivity (Wildman–Crippen MR) is 257 cm³/mol. The molecule has 1 saturated carbocycles. The van der Waals surface area contributed by atoms with E-state index in [1.165, 1.54) is 32.1 Å². The Balaban J connectivity index is 2.43. The van der Waals surface area contributed by atoms with E-state index in [1.807, 2.05) is 54.7 Å². The Bertz CT molecular complexity index is 1550. The lowest BCUT2D eigenvalue weighted by Gasteiger charge is -2.41. The molecule has 7 unspecified atom stereocenters. The molecule has 368 valence electrons. The average molecular weight is 933 g/mol. The van der Waals surface area contributed by atoms with Gasteiger partial charge in [0.1, 0.15) is 43.2 Å². The molecule has 0 spiro atoms. The maximum absolute atomic E-state index is 12.8. The van der Waals surface area contributed by atoms with Crippen LogP contribution in [-0.4, -0.2) is 98.3 Å². The smallest absolute Gasteiger partial charge is 0.462 e. The van der Waals surface area contributed by atoms with Crippen LogP contribution in [0.1, 0.15) is 142 Å². The fourth-order valence-corrected chi connectivity index (χ4v) is 7.46. The van der Waals surface area contributed by atoms with Gasteiger partial charge in [0, 0.05) is 12.8 Å². The molecule has 0 radical (unpaired) electrons. The summed E-state index contributed by atoms with van der Waals surface area (Å²) in [7, 11) is -5.15. The van der Waals surface area contributed by atoms with E-state index in [0.29, 0.717) is 19.3 Å². The number of carbonyl (C=O) groups is 2. The Hall–Kier alpha value is -3.49. The largest absolute Gasteiger partial charge is 0.472 e. The van der Waals surface area contributed by atoms with Crippen molar-refractivity contribution in [2.45, 2.75) is 185 Å². The Morgan fingerprint density at radius 2 is 0.923 bits per heavy atom. The molecule has 1 rings (SSSR count). The first-order valence-corrected chi connectivity index (χ1v) is 25.3. The molecule has 0 heterocycles. The van der Waals surface area contributed by atoms with Gasteiger partial charge in [0.2, 0.25) is 0 Å². The Morgan fingerprint density at radius 3 is 1.48 bits per heavy atom. The summed E-state index contributed by atoms with van der Waals surface area (Å²) in [6.07, 6.45) is 41.6. The predicted octanol–water partition coefficient (Wildman–Crippen LogP) is 9.61. The van der Waals surface area contributed by atoms with E-state index in [9.17, 15) is 44.6 Å². The van der Waals surface area contributed by atoms with E-state index in [0.717, 1.165) is 64.2 Å². The van der Waals surface area contributed by atoms with Gasteiger partial charge in [-0.1, -0.05) is 175 Å². The summed E-state index contributed by atoms with van der Waals surface area (Å²) < 4.78 is 33.4. The number of hydrogen-bond donors (Lipinski definition) is 6. The molecule has 0 aromatic rings. The molecular formula is C51H81O13P. The van der Waals surface area contributed by atoms with Crippen molar-refractivity contribution >= 4 is 19.8 Å². The molecule has 14 heteroatoms. The quantitative estimate of drug-likeness (QED) is 0.0113. The van der Waals surface area contributed by atoms with Gasteiger partial charge in [-0.2, -0.15) is 0 Å². The molecule has 6 N–H and O–H groups in total. The van der Waals surface area contributed by atoms with Crippen LogP contribution in [0.5, 0.6) is 0 Å². The molecule has 1 aliphatic carbocycles. The summed E-state index contributed by atoms with van der Waals surface area (Å²) >= 11 is 0. The van der Waals surface area contributed by atoms with Gasteiger partial charge in [0.25, 0.3) is 0 Å². The number of unbranched alkanes of at least 4 members (excludes halogenated alkanes) is 11. The van der Waals surface area contributed by atoms with Gasteiger partial charge in [0.05, 0.1) is 6.61 Å². The van der Waals surface area contributed by atoms with Crippen LogP contribution in [0.15, 0.2) is 109 Å². The van der Waals surface area contributed by atoms with Crippen molar-refractivity contribution in [3.05, 3.63) is 109 Å². The second kappa shape index (κ2) is 39.7. The Labute approximate surface area is 389 Å².